The van der Waals surface area contributed by atoms with Crippen LogP contribution in [0.5, 0.6) is 0 Å². The van der Waals surface area contributed by atoms with E-state index in [9.17, 15) is 14.4 Å². The van der Waals surface area contributed by atoms with Gasteiger partial charge in [0.25, 0.3) is 11.1 Å². The minimum atomic E-state index is -0.430. The molecule has 21 heavy (non-hydrogen) atoms. The number of hydrogen-bond acceptors (Lipinski definition) is 3. The van der Waals surface area contributed by atoms with E-state index in [-0.39, 0.29) is 23.3 Å². The Morgan fingerprint density at radius 1 is 0.857 bits per heavy atom. The molecule has 0 saturated heterocycles. The summed E-state index contributed by atoms with van der Waals surface area (Å²) in [7, 11) is 3.18. The third kappa shape index (κ3) is 1.62. The van der Waals surface area contributed by atoms with E-state index in [4.69, 9.17) is 0 Å². The summed E-state index contributed by atoms with van der Waals surface area (Å²) in [6.45, 7) is 2.00. The van der Waals surface area contributed by atoms with Gasteiger partial charge in [-0.05, 0) is 13.0 Å². The second kappa shape index (κ2) is 4.44. The monoisotopic (exact) mass is 285 g/mol. The van der Waals surface area contributed by atoms with E-state index in [2.05, 4.69) is 0 Å². The Labute approximate surface area is 119 Å². The van der Waals surface area contributed by atoms with Crippen molar-refractivity contribution >= 4 is 21.8 Å². The first kappa shape index (κ1) is 13.4. The normalized spacial score (nSPS) is 11.4. The first-order valence-electron chi connectivity index (χ1n) is 6.70. The molecule has 0 bridgehead atoms. The van der Waals surface area contributed by atoms with Gasteiger partial charge in [0.2, 0.25) is 0 Å². The Balaban J connectivity index is 2.84. The van der Waals surface area contributed by atoms with Crippen LogP contribution in [0.15, 0.2) is 38.6 Å². The summed E-state index contributed by atoms with van der Waals surface area (Å²) >= 11 is 0. The summed E-state index contributed by atoms with van der Waals surface area (Å²) in [5.41, 5.74) is -0.300. The summed E-state index contributed by atoms with van der Waals surface area (Å²) in [4.78, 5) is 37.3. The van der Waals surface area contributed by atoms with Crippen LogP contribution in [0, 0.1) is 0 Å². The van der Waals surface area contributed by atoms with Gasteiger partial charge in [-0.2, -0.15) is 0 Å². The van der Waals surface area contributed by atoms with Gasteiger partial charge in [-0.15, -0.1) is 0 Å². The molecule has 2 heterocycles. The van der Waals surface area contributed by atoms with Crippen molar-refractivity contribution in [2.24, 2.45) is 14.1 Å². The number of pyridine rings is 1. The maximum Gasteiger partial charge on any atom is 0.331 e. The lowest BCUT2D eigenvalue weighted by Gasteiger charge is -2.14. The molecular weight excluding hydrogens is 270 g/mol. The highest BCUT2D eigenvalue weighted by atomic mass is 16.2. The van der Waals surface area contributed by atoms with Gasteiger partial charge in [0.15, 0.2) is 0 Å². The molecule has 0 atom stereocenters. The zero-order chi connectivity index (χ0) is 15.3. The van der Waals surface area contributed by atoms with Gasteiger partial charge in [-0.1, -0.05) is 18.2 Å². The fourth-order valence-corrected chi connectivity index (χ4v) is 2.80. The van der Waals surface area contributed by atoms with Crippen LogP contribution in [0.2, 0.25) is 0 Å². The number of aromatic nitrogens is 3. The van der Waals surface area contributed by atoms with Crippen LogP contribution in [0.1, 0.15) is 6.92 Å². The topological polar surface area (TPSA) is 66.0 Å². The fourth-order valence-electron chi connectivity index (χ4n) is 2.80. The van der Waals surface area contributed by atoms with Gasteiger partial charge in [0.05, 0.1) is 5.52 Å². The van der Waals surface area contributed by atoms with Crippen LogP contribution in [-0.2, 0) is 20.6 Å². The molecule has 0 fully saturated rings. The predicted molar refractivity (Wildman–Crippen MR) is 81.9 cm³/mol. The third-order valence-electron chi connectivity index (χ3n) is 3.89. The molecule has 1 aromatic carbocycles. The molecule has 2 aromatic heterocycles. The molecule has 0 aliphatic heterocycles. The maximum atomic E-state index is 12.5. The number of aryl methyl sites for hydroxylation is 2. The largest absolute Gasteiger partial charge is 0.331 e. The molecule has 0 amide bonds. The lowest BCUT2D eigenvalue weighted by molar-refractivity contribution is 0.635. The molecule has 0 unspecified atom stereocenters. The number of rotatable bonds is 1. The average Bonchev–Trinajstić information content (AvgIpc) is 2.49. The zero-order valence-corrected chi connectivity index (χ0v) is 12.1. The van der Waals surface area contributed by atoms with E-state index in [1.807, 2.05) is 0 Å². The van der Waals surface area contributed by atoms with Crippen LogP contribution >= 0.6 is 0 Å². The van der Waals surface area contributed by atoms with E-state index in [0.29, 0.717) is 16.3 Å². The predicted octanol–water partition coefficient (Wildman–Crippen LogP) is 0.572. The summed E-state index contributed by atoms with van der Waals surface area (Å²) in [5.74, 6) is 0. The molecule has 3 rings (SSSR count). The van der Waals surface area contributed by atoms with Crippen LogP contribution in [0.25, 0.3) is 21.8 Å². The third-order valence-corrected chi connectivity index (χ3v) is 3.89. The van der Waals surface area contributed by atoms with Crippen LogP contribution in [0.4, 0.5) is 0 Å². The zero-order valence-electron chi connectivity index (χ0n) is 12.1. The van der Waals surface area contributed by atoms with Crippen molar-refractivity contribution in [1.29, 1.82) is 0 Å². The number of fused-ring (bicyclic) bond motifs is 3. The highest BCUT2D eigenvalue weighted by Crippen LogP contribution is 2.18. The second-order valence-electron chi connectivity index (χ2n) is 5.00. The molecule has 3 aromatic rings. The van der Waals surface area contributed by atoms with Crippen molar-refractivity contribution < 1.29 is 0 Å². The minimum Gasteiger partial charge on any atom is -0.305 e. The minimum absolute atomic E-state index is 0.239. The lowest BCUT2D eigenvalue weighted by atomic mass is 10.1. The molecule has 0 N–H and O–H groups in total. The maximum absolute atomic E-state index is 12.5. The molecule has 108 valence electrons. The number of hydrogen-bond donors (Lipinski definition) is 0. The molecule has 0 aliphatic carbocycles. The van der Waals surface area contributed by atoms with Crippen molar-refractivity contribution in [3.63, 3.8) is 0 Å². The highest BCUT2D eigenvalue weighted by molar-refractivity contribution is 6.03. The van der Waals surface area contributed by atoms with Crippen molar-refractivity contribution in [3.8, 4) is 0 Å². The van der Waals surface area contributed by atoms with Crippen LogP contribution in [0.3, 0.4) is 0 Å². The summed E-state index contributed by atoms with van der Waals surface area (Å²) < 4.78 is 3.89. The quantitative estimate of drug-likeness (QED) is 0.614. The first-order chi connectivity index (χ1) is 9.99. The highest BCUT2D eigenvalue weighted by Gasteiger charge is 2.17. The molecule has 0 saturated carbocycles. The second-order valence-corrected chi connectivity index (χ2v) is 5.00. The SMILES string of the molecule is CCn1c(=O)c2c(c3ccccc3c(=O)n2C)n(C)c1=O. The number of benzene rings is 1. The molecular formula is C15H15N3O3. The summed E-state index contributed by atoms with van der Waals surface area (Å²) in [6.07, 6.45) is 0. The number of nitrogens with zero attached hydrogens (tertiary/aromatic N) is 3. The van der Waals surface area contributed by atoms with Gasteiger partial charge >= 0.3 is 5.69 Å². The molecule has 0 spiro atoms. The van der Waals surface area contributed by atoms with E-state index < -0.39 is 5.56 Å². The standard InChI is InChI=1S/C15H15N3O3/c1-4-18-14(20)12-11(17(3)15(18)21)9-7-5-6-8-10(9)13(19)16(12)2/h5-8H,4H2,1-3H3. The van der Waals surface area contributed by atoms with Crippen molar-refractivity contribution in [2.75, 3.05) is 0 Å². The van der Waals surface area contributed by atoms with Crippen molar-refractivity contribution in [3.05, 3.63) is 55.5 Å². The van der Waals surface area contributed by atoms with E-state index in [1.165, 1.54) is 9.13 Å². The first-order valence-corrected chi connectivity index (χ1v) is 6.70. The van der Waals surface area contributed by atoms with Gasteiger partial charge in [-0.3, -0.25) is 18.7 Å². The Morgan fingerprint density at radius 2 is 1.48 bits per heavy atom. The Kier molecular flexibility index (Phi) is 2.83. The smallest absolute Gasteiger partial charge is 0.305 e. The Bertz CT molecular complexity index is 1050. The Morgan fingerprint density at radius 3 is 2.10 bits per heavy atom. The Hall–Kier alpha value is -2.63. The van der Waals surface area contributed by atoms with E-state index in [0.717, 1.165) is 4.57 Å². The molecule has 0 radical (unpaired) electrons. The summed E-state index contributed by atoms with van der Waals surface area (Å²) in [5, 5.41) is 1.12. The molecule has 0 aliphatic rings. The van der Waals surface area contributed by atoms with Crippen molar-refractivity contribution in [1.82, 2.24) is 13.7 Å². The van der Waals surface area contributed by atoms with E-state index in [1.54, 1.807) is 45.3 Å². The van der Waals surface area contributed by atoms with Crippen LogP contribution < -0.4 is 16.8 Å². The molecule has 6 nitrogen and oxygen atoms in total. The van der Waals surface area contributed by atoms with Gasteiger partial charge < -0.3 is 4.57 Å². The average molecular weight is 285 g/mol. The lowest BCUT2D eigenvalue weighted by Crippen LogP contribution is -2.41. The van der Waals surface area contributed by atoms with Crippen LogP contribution in [-0.4, -0.2) is 13.7 Å². The van der Waals surface area contributed by atoms with Gasteiger partial charge in [-0.25, -0.2) is 4.79 Å². The van der Waals surface area contributed by atoms with Crippen molar-refractivity contribution in [2.45, 2.75) is 13.5 Å². The fraction of sp³-hybridized carbons (Fsp3) is 0.267. The summed E-state index contributed by atoms with van der Waals surface area (Å²) in [6, 6.07) is 7.01. The van der Waals surface area contributed by atoms with Gasteiger partial charge in [0.1, 0.15) is 5.52 Å². The molecule has 6 heteroatoms. The van der Waals surface area contributed by atoms with Gasteiger partial charge in [0, 0.05) is 31.4 Å². The van der Waals surface area contributed by atoms with E-state index >= 15 is 0 Å².